The quantitative estimate of drug-likeness (QED) is 0.729. The highest BCUT2D eigenvalue weighted by Gasteiger charge is 2.41. The molecule has 0 amide bonds. The number of hydrogen-bond donors (Lipinski definition) is 0. The van der Waals surface area contributed by atoms with Gasteiger partial charge in [0.05, 0.1) is 5.25 Å². The van der Waals surface area contributed by atoms with E-state index in [1.54, 1.807) is 4.31 Å². The van der Waals surface area contributed by atoms with Crippen LogP contribution in [0.5, 0.6) is 0 Å². The summed E-state index contributed by atoms with van der Waals surface area (Å²) in [5.74, 6) is 0. The van der Waals surface area contributed by atoms with Crippen LogP contribution in [-0.2, 0) is 10.0 Å². The van der Waals surface area contributed by atoms with Crippen molar-refractivity contribution in [3.05, 3.63) is 0 Å². The molecule has 0 aromatic rings. The van der Waals surface area contributed by atoms with E-state index in [1.807, 2.05) is 0 Å². The molecule has 88 valence electrons. The third-order valence-corrected chi connectivity index (χ3v) is 6.11. The number of rotatable bonds is 5. The van der Waals surface area contributed by atoms with E-state index >= 15 is 0 Å². The van der Waals surface area contributed by atoms with Gasteiger partial charge >= 0.3 is 0 Å². The summed E-state index contributed by atoms with van der Waals surface area (Å²) in [6.45, 7) is 0.642. The van der Waals surface area contributed by atoms with Crippen LogP contribution >= 0.6 is 15.9 Å². The highest BCUT2D eigenvalue weighted by molar-refractivity contribution is 9.09. The van der Waals surface area contributed by atoms with Gasteiger partial charge in [0.25, 0.3) is 0 Å². The summed E-state index contributed by atoms with van der Waals surface area (Å²) < 4.78 is 26.4. The second kappa shape index (κ2) is 4.72. The van der Waals surface area contributed by atoms with Gasteiger partial charge in [-0.2, -0.15) is 4.31 Å². The maximum Gasteiger partial charge on any atom is 0.217 e. The molecule has 2 fully saturated rings. The Labute approximate surface area is 100 Å². The monoisotopic (exact) mass is 295 g/mol. The van der Waals surface area contributed by atoms with E-state index in [9.17, 15) is 8.42 Å². The van der Waals surface area contributed by atoms with Gasteiger partial charge < -0.3 is 0 Å². The lowest BCUT2D eigenvalue weighted by Crippen LogP contribution is -2.40. The minimum absolute atomic E-state index is 0.0860. The molecule has 0 atom stereocenters. The van der Waals surface area contributed by atoms with Gasteiger partial charge in [-0.25, -0.2) is 8.42 Å². The molecular weight excluding hydrogens is 278 g/mol. The molecular formula is C10H18BrNO2S. The number of nitrogens with zero attached hydrogens (tertiary/aromatic N) is 1. The largest absolute Gasteiger partial charge is 0.217 e. The van der Waals surface area contributed by atoms with Crippen molar-refractivity contribution in [1.29, 1.82) is 0 Å². The lowest BCUT2D eigenvalue weighted by molar-refractivity contribution is 0.415. The van der Waals surface area contributed by atoms with Gasteiger partial charge in [-0.05, 0) is 25.7 Å². The first-order chi connectivity index (χ1) is 7.16. The first-order valence-corrected chi connectivity index (χ1v) is 8.35. The van der Waals surface area contributed by atoms with E-state index in [1.165, 1.54) is 0 Å². The lowest BCUT2D eigenvalue weighted by atomic mass is 10.4. The normalized spacial score (nSPS) is 23.9. The number of alkyl halides is 1. The Kier molecular flexibility index (Phi) is 3.73. The minimum Gasteiger partial charge on any atom is -0.212 e. The molecule has 2 rings (SSSR count). The molecule has 0 saturated heterocycles. The number of halogens is 1. The van der Waals surface area contributed by atoms with Gasteiger partial charge in [-0.3, -0.25) is 0 Å². The topological polar surface area (TPSA) is 37.4 Å². The van der Waals surface area contributed by atoms with Crippen molar-refractivity contribution in [3.8, 4) is 0 Å². The highest BCUT2D eigenvalue weighted by Crippen LogP contribution is 2.34. The molecule has 2 saturated carbocycles. The molecule has 2 aliphatic rings. The average Bonchev–Trinajstić information content (AvgIpc) is 2.86. The van der Waals surface area contributed by atoms with Crippen LogP contribution in [0.25, 0.3) is 0 Å². The van der Waals surface area contributed by atoms with E-state index in [0.29, 0.717) is 12.6 Å². The molecule has 0 aromatic heterocycles. The van der Waals surface area contributed by atoms with Gasteiger partial charge in [0.15, 0.2) is 0 Å². The summed E-state index contributed by atoms with van der Waals surface area (Å²) in [5.41, 5.74) is 0. The zero-order chi connectivity index (χ0) is 10.9. The first-order valence-electron chi connectivity index (χ1n) is 5.73. The van der Waals surface area contributed by atoms with Crippen molar-refractivity contribution in [2.45, 2.75) is 49.8 Å². The predicted octanol–water partition coefficient (Wildman–Crippen LogP) is 2.12. The Morgan fingerprint density at radius 3 is 2.20 bits per heavy atom. The molecule has 0 N–H and O–H groups in total. The summed E-state index contributed by atoms with van der Waals surface area (Å²) in [5, 5.41) is 0.660. The molecule has 2 aliphatic carbocycles. The molecule has 15 heavy (non-hydrogen) atoms. The highest BCUT2D eigenvalue weighted by atomic mass is 79.9. The summed E-state index contributed by atoms with van der Waals surface area (Å²) in [4.78, 5) is 0. The van der Waals surface area contributed by atoms with Crippen LogP contribution in [-0.4, -0.2) is 35.9 Å². The Bertz CT molecular complexity index is 307. The molecule has 0 bridgehead atoms. The van der Waals surface area contributed by atoms with Gasteiger partial charge in [0, 0.05) is 17.9 Å². The Balaban J connectivity index is 2.09. The predicted molar refractivity (Wildman–Crippen MR) is 64.7 cm³/mol. The fourth-order valence-electron chi connectivity index (χ4n) is 2.34. The number of hydrogen-bond acceptors (Lipinski definition) is 2. The second-order valence-electron chi connectivity index (χ2n) is 4.48. The SMILES string of the molecule is O=S(=O)(C1CCCC1)N(CCBr)C1CC1. The van der Waals surface area contributed by atoms with E-state index < -0.39 is 10.0 Å². The van der Waals surface area contributed by atoms with Crippen molar-refractivity contribution < 1.29 is 8.42 Å². The zero-order valence-corrected chi connectivity index (χ0v) is 11.3. The van der Waals surface area contributed by atoms with Crippen LogP contribution in [0.1, 0.15) is 38.5 Å². The summed E-state index contributed by atoms with van der Waals surface area (Å²) in [6, 6.07) is 0.313. The van der Waals surface area contributed by atoms with Crippen LogP contribution in [0.2, 0.25) is 0 Å². The molecule has 0 heterocycles. The van der Waals surface area contributed by atoms with Crippen LogP contribution < -0.4 is 0 Å². The maximum absolute atomic E-state index is 12.3. The summed E-state index contributed by atoms with van der Waals surface area (Å²) in [6.07, 6.45) is 6.01. The fourth-order valence-corrected chi connectivity index (χ4v) is 5.24. The molecule has 3 nitrogen and oxygen atoms in total. The Morgan fingerprint density at radius 2 is 1.73 bits per heavy atom. The van der Waals surface area contributed by atoms with E-state index in [2.05, 4.69) is 15.9 Å². The van der Waals surface area contributed by atoms with Crippen molar-refractivity contribution in [1.82, 2.24) is 4.31 Å². The number of sulfonamides is 1. The molecule has 0 unspecified atom stereocenters. The standard InChI is InChI=1S/C10H18BrNO2S/c11-7-8-12(9-5-6-9)15(13,14)10-3-1-2-4-10/h9-10H,1-8H2. The maximum atomic E-state index is 12.3. The van der Waals surface area contributed by atoms with Crippen LogP contribution in [0.4, 0.5) is 0 Å². The summed E-state index contributed by atoms with van der Waals surface area (Å²) >= 11 is 3.34. The molecule has 0 radical (unpaired) electrons. The molecule has 0 aliphatic heterocycles. The minimum atomic E-state index is -3.00. The fraction of sp³-hybridized carbons (Fsp3) is 1.00. The van der Waals surface area contributed by atoms with Crippen molar-refractivity contribution >= 4 is 26.0 Å². The van der Waals surface area contributed by atoms with E-state index in [-0.39, 0.29) is 5.25 Å². The van der Waals surface area contributed by atoms with Crippen molar-refractivity contribution in [2.75, 3.05) is 11.9 Å². The smallest absolute Gasteiger partial charge is 0.212 e. The van der Waals surface area contributed by atoms with Gasteiger partial charge in [0.2, 0.25) is 10.0 Å². The van der Waals surface area contributed by atoms with Gasteiger partial charge in [-0.1, -0.05) is 28.8 Å². The Morgan fingerprint density at radius 1 is 1.13 bits per heavy atom. The Hall–Kier alpha value is 0.390. The molecule has 0 spiro atoms. The van der Waals surface area contributed by atoms with Crippen LogP contribution in [0, 0.1) is 0 Å². The van der Waals surface area contributed by atoms with Gasteiger partial charge in [0.1, 0.15) is 0 Å². The van der Waals surface area contributed by atoms with Crippen molar-refractivity contribution in [2.24, 2.45) is 0 Å². The van der Waals surface area contributed by atoms with Gasteiger partial charge in [-0.15, -0.1) is 0 Å². The average molecular weight is 296 g/mol. The van der Waals surface area contributed by atoms with Crippen molar-refractivity contribution in [3.63, 3.8) is 0 Å². The van der Waals surface area contributed by atoms with Crippen LogP contribution in [0.15, 0.2) is 0 Å². The molecule has 5 heteroatoms. The summed E-state index contributed by atoms with van der Waals surface area (Å²) in [7, 11) is -3.00. The second-order valence-corrected chi connectivity index (χ2v) is 7.44. The first kappa shape index (κ1) is 11.9. The van der Waals surface area contributed by atoms with E-state index in [0.717, 1.165) is 43.9 Å². The lowest BCUT2D eigenvalue weighted by Gasteiger charge is -2.24. The third-order valence-electron chi connectivity index (χ3n) is 3.31. The third kappa shape index (κ3) is 2.56. The van der Waals surface area contributed by atoms with E-state index in [4.69, 9.17) is 0 Å². The van der Waals surface area contributed by atoms with Crippen LogP contribution in [0.3, 0.4) is 0 Å². The molecule has 0 aromatic carbocycles. The zero-order valence-electron chi connectivity index (χ0n) is 8.86.